The molecule has 0 aromatic heterocycles. The molecule has 0 spiro atoms. The lowest BCUT2D eigenvalue weighted by molar-refractivity contribution is -0.142. The molecule has 3 N–H and O–H groups in total. The molecule has 2 rings (SSSR count). The summed E-state index contributed by atoms with van der Waals surface area (Å²) in [6.07, 6.45) is -0.643. The number of carbonyl (C=O) groups is 3. The number of nitriles is 1. The van der Waals surface area contributed by atoms with Crippen LogP contribution >= 0.6 is 0 Å². The van der Waals surface area contributed by atoms with Gasteiger partial charge in [0.2, 0.25) is 17.7 Å². The Hall–Kier alpha value is -2.92. The minimum atomic E-state index is -0.795. The Kier molecular flexibility index (Phi) is 7.12. The lowest BCUT2D eigenvalue weighted by Crippen LogP contribution is -2.55. The zero-order valence-corrected chi connectivity index (χ0v) is 16.3. The van der Waals surface area contributed by atoms with Crippen molar-refractivity contribution in [3.05, 3.63) is 35.4 Å². The molecule has 150 valence electrons. The first-order valence-electron chi connectivity index (χ1n) is 9.25. The van der Waals surface area contributed by atoms with Gasteiger partial charge in [-0.25, -0.2) is 0 Å². The first kappa shape index (κ1) is 21.4. The highest BCUT2D eigenvalue weighted by Gasteiger charge is 2.41. The van der Waals surface area contributed by atoms with Crippen molar-refractivity contribution in [2.24, 2.45) is 5.92 Å². The molecule has 1 aliphatic rings. The molecule has 28 heavy (non-hydrogen) atoms. The van der Waals surface area contributed by atoms with Crippen LogP contribution in [0.1, 0.15) is 38.3 Å². The van der Waals surface area contributed by atoms with Crippen molar-refractivity contribution in [3.63, 3.8) is 0 Å². The normalized spacial score (nSPS) is 19.8. The zero-order valence-electron chi connectivity index (χ0n) is 16.3. The van der Waals surface area contributed by atoms with Gasteiger partial charge in [-0.05, 0) is 23.6 Å². The zero-order chi connectivity index (χ0) is 20.8. The number of rotatable bonds is 6. The monoisotopic (exact) mass is 386 g/mol. The second-order valence-corrected chi connectivity index (χ2v) is 7.34. The van der Waals surface area contributed by atoms with Gasteiger partial charge in [-0.1, -0.05) is 26.0 Å². The van der Waals surface area contributed by atoms with Crippen LogP contribution in [0.2, 0.25) is 0 Å². The van der Waals surface area contributed by atoms with Gasteiger partial charge in [0, 0.05) is 26.4 Å². The summed E-state index contributed by atoms with van der Waals surface area (Å²) < 4.78 is 0. The summed E-state index contributed by atoms with van der Waals surface area (Å²) in [4.78, 5) is 38.4. The Morgan fingerprint density at radius 3 is 2.46 bits per heavy atom. The summed E-state index contributed by atoms with van der Waals surface area (Å²) in [7, 11) is 0. The summed E-state index contributed by atoms with van der Waals surface area (Å²) in [6.45, 7) is 5.26. The topological polar surface area (TPSA) is 123 Å². The molecule has 1 fully saturated rings. The summed E-state index contributed by atoms with van der Waals surface area (Å²) >= 11 is 0. The SMILES string of the molecule is CC(=O)N[C@H](C(=O)N1C[C@H](O)C[C@H]1C(=O)NCc1ccc(C#N)cc1)C(C)C. The summed E-state index contributed by atoms with van der Waals surface area (Å²) in [5.74, 6) is -1.22. The van der Waals surface area contributed by atoms with Gasteiger partial charge >= 0.3 is 0 Å². The molecule has 8 nitrogen and oxygen atoms in total. The lowest BCUT2D eigenvalue weighted by Gasteiger charge is -2.30. The van der Waals surface area contributed by atoms with Gasteiger partial charge in [0.15, 0.2) is 0 Å². The highest BCUT2D eigenvalue weighted by molar-refractivity contribution is 5.92. The van der Waals surface area contributed by atoms with Gasteiger partial charge in [-0.2, -0.15) is 5.26 Å². The van der Waals surface area contributed by atoms with Crippen LogP contribution in [0, 0.1) is 17.2 Å². The standard InChI is InChI=1S/C20H26N4O4/c1-12(2)18(23-13(3)25)20(28)24-11-16(26)8-17(24)19(27)22-10-15-6-4-14(9-21)5-7-15/h4-7,12,16-18,26H,8,10-11H2,1-3H3,(H,22,27)(H,23,25)/t16-,17+,18+/m1/s1. The molecule has 0 aliphatic carbocycles. The quantitative estimate of drug-likeness (QED) is 0.649. The Morgan fingerprint density at radius 1 is 1.29 bits per heavy atom. The fourth-order valence-corrected chi connectivity index (χ4v) is 3.22. The number of hydrogen-bond acceptors (Lipinski definition) is 5. The third-order valence-electron chi connectivity index (χ3n) is 4.71. The van der Waals surface area contributed by atoms with Crippen LogP contribution in [0.5, 0.6) is 0 Å². The van der Waals surface area contributed by atoms with Crippen molar-refractivity contribution < 1.29 is 19.5 Å². The smallest absolute Gasteiger partial charge is 0.246 e. The van der Waals surface area contributed by atoms with Crippen molar-refractivity contribution in [1.29, 1.82) is 5.26 Å². The molecule has 0 saturated carbocycles. The maximum absolute atomic E-state index is 12.9. The fourth-order valence-electron chi connectivity index (χ4n) is 3.22. The Balaban J connectivity index is 2.06. The summed E-state index contributed by atoms with van der Waals surface area (Å²) in [5.41, 5.74) is 1.35. The molecule has 1 heterocycles. The maximum atomic E-state index is 12.9. The number of aliphatic hydroxyl groups is 1. The van der Waals surface area contributed by atoms with Crippen molar-refractivity contribution in [3.8, 4) is 6.07 Å². The first-order chi connectivity index (χ1) is 13.2. The molecule has 1 aromatic rings. The van der Waals surface area contributed by atoms with Crippen molar-refractivity contribution in [2.45, 2.75) is 51.9 Å². The number of benzene rings is 1. The summed E-state index contributed by atoms with van der Waals surface area (Å²) in [5, 5.41) is 24.3. The highest BCUT2D eigenvalue weighted by atomic mass is 16.3. The number of aliphatic hydroxyl groups excluding tert-OH is 1. The second-order valence-electron chi connectivity index (χ2n) is 7.34. The molecule has 0 unspecified atom stereocenters. The average Bonchev–Trinajstić information content (AvgIpc) is 3.05. The lowest BCUT2D eigenvalue weighted by atomic mass is 10.0. The molecule has 1 aliphatic heterocycles. The predicted molar refractivity (Wildman–Crippen MR) is 102 cm³/mol. The van der Waals surface area contributed by atoms with Gasteiger partial charge in [0.25, 0.3) is 0 Å². The number of nitrogens with one attached hydrogen (secondary N) is 2. The molecule has 1 aromatic carbocycles. The number of amides is 3. The van der Waals surface area contributed by atoms with Crippen LogP contribution in [-0.4, -0.2) is 52.5 Å². The summed E-state index contributed by atoms with van der Waals surface area (Å²) in [6, 6.07) is 7.30. The van der Waals surface area contributed by atoms with E-state index in [1.807, 2.05) is 19.9 Å². The molecule has 0 radical (unpaired) electrons. The molecule has 8 heteroatoms. The van der Waals surface area contributed by atoms with Gasteiger partial charge < -0.3 is 20.6 Å². The predicted octanol–water partition coefficient (Wildman–Crippen LogP) is 0.297. The minimum Gasteiger partial charge on any atom is -0.391 e. The van der Waals surface area contributed by atoms with Crippen LogP contribution in [0.25, 0.3) is 0 Å². The molecular formula is C20H26N4O4. The van der Waals surface area contributed by atoms with Gasteiger partial charge in [0.05, 0.1) is 17.7 Å². The first-order valence-corrected chi connectivity index (χ1v) is 9.25. The maximum Gasteiger partial charge on any atom is 0.246 e. The fraction of sp³-hybridized carbons (Fsp3) is 0.500. The number of β-amino-alcohol motifs (C(OH)–C–C–N with tert-alkyl or cyclic N) is 1. The minimum absolute atomic E-state index is 0.0522. The van der Waals surface area contributed by atoms with Crippen molar-refractivity contribution in [2.75, 3.05) is 6.54 Å². The van der Waals surface area contributed by atoms with E-state index in [9.17, 15) is 19.5 Å². The average molecular weight is 386 g/mol. The molecule has 3 atom stereocenters. The van der Waals surface area contributed by atoms with Crippen molar-refractivity contribution in [1.82, 2.24) is 15.5 Å². The van der Waals surface area contributed by atoms with E-state index in [2.05, 4.69) is 10.6 Å². The number of nitrogens with zero attached hydrogens (tertiary/aromatic N) is 2. The van der Waals surface area contributed by atoms with Crippen LogP contribution in [-0.2, 0) is 20.9 Å². The molecule has 1 saturated heterocycles. The van der Waals surface area contributed by atoms with E-state index < -0.39 is 18.2 Å². The van der Waals surface area contributed by atoms with Gasteiger partial charge in [-0.3, -0.25) is 14.4 Å². The Bertz CT molecular complexity index is 769. The Morgan fingerprint density at radius 2 is 1.93 bits per heavy atom. The van der Waals surface area contributed by atoms with Crippen LogP contribution in [0.4, 0.5) is 0 Å². The second kappa shape index (κ2) is 9.33. The number of hydrogen-bond donors (Lipinski definition) is 3. The third kappa shape index (κ3) is 5.30. The van der Waals surface area contributed by atoms with Crippen LogP contribution in [0.15, 0.2) is 24.3 Å². The molecular weight excluding hydrogens is 360 g/mol. The number of likely N-dealkylation sites (tertiary alicyclic amines) is 1. The molecule has 0 bridgehead atoms. The van der Waals surface area contributed by atoms with E-state index in [-0.39, 0.29) is 43.1 Å². The van der Waals surface area contributed by atoms with E-state index in [1.165, 1.54) is 11.8 Å². The largest absolute Gasteiger partial charge is 0.391 e. The van der Waals surface area contributed by atoms with Crippen LogP contribution < -0.4 is 10.6 Å². The highest BCUT2D eigenvalue weighted by Crippen LogP contribution is 2.21. The van der Waals surface area contributed by atoms with E-state index >= 15 is 0 Å². The van der Waals surface area contributed by atoms with Crippen LogP contribution in [0.3, 0.4) is 0 Å². The Labute approximate surface area is 164 Å². The van der Waals surface area contributed by atoms with Crippen molar-refractivity contribution >= 4 is 17.7 Å². The third-order valence-corrected chi connectivity index (χ3v) is 4.71. The van der Waals surface area contributed by atoms with E-state index in [0.29, 0.717) is 5.56 Å². The van der Waals surface area contributed by atoms with Gasteiger partial charge in [-0.15, -0.1) is 0 Å². The number of carbonyl (C=O) groups excluding carboxylic acids is 3. The van der Waals surface area contributed by atoms with E-state index in [1.54, 1.807) is 24.3 Å². The van der Waals surface area contributed by atoms with E-state index in [0.717, 1.165) is 5.56 Å². The van der Waals surface area contributed by atoms with Gasteiger partial charge in [0.1, 0.15) is 12.1 Å². The molecule has 3 amide bonds. The van der Waals surface area contributed by atoms with E-state index in [4.69, 9.17) is 5.26 Å².